The molecule has 276 valence electrons. The standard InChI is InChI=1S/C47H45N5O.Pt/c1-45(2,3)31-13-12-14-34(25-31)50-30-51(40-20-17-32(26-42(40)50)46(4,5)6)43-29-36(22-24-48-43)53-35-18-19-38-37-15-10-11-16-39(37)52(41(38)28-35)44-27-33(21-23-49-44)47(7,8)9;/h10-27H,1-9H3;/q-2;. The summed E-state index contributed by atoms with van der Waals surface area (Å²) < 4.78 is 12.8. The molecule has 0 aliphatic carbocycles. The number of ether oxygens (including phenoxy) is 1. The fourth-order valence-corrected chi connectivity index (χ4v) is 6.87. The van der Waals surface area contributed by atoms with Crippen molar-refractivity contribution in [2.75, 3.05) is 0 Å². The Hall–Kier alpha value is -5.06. The van der Waals surface area contributed by atoms with Crippen molar-refractivity contribution in [2.45, 2.75) is 78.6 Å². The Bertz CT molecular complexity index is 2670. The number of benzene rings is 4. The molecule has 8 rings (SSSR count). The number of nitrogens with zero attached hydrogens (tertiary/aromatic N) is 5. The number of fused-ring (bicyclic) bond motifs is 4. The first kappa shape index (κ1) is 37.3. The Labute approximate surface area is 332 Å². The SMILES string of the molecule is CC(C)(C)c1cccc(-[n+]2[c-]n(-c3[c-]c(Oc4[c-]c5c(cc4)c4ccccc4n5-c4cc(C(C)(C)C)ccn4)ccn3)c3ccc(C(C)(C)C)cc32)c1.[Pt]. The average molecular weight is 891 g/mol. The summed E-state index contributed by atoms with van der Waals surface area (Å²) in [6.07, 6.45) is 7.26. The number of imidazole rings is 1. The van der Waals surface area contributed by atoms with Crippen LogP contribution in [0.25, 0.3) is 50.2 Å². The van der Waals surface area contributed by atoms with Gasteiger partial charge in [-0.05, 0) is 80.5 Å². The number of rotatable bonds is 5. The number of hydrogen-bond acceptors (Lipinski definition) is 3. The largest absolute Gasteiger partial charge is 0.522 e. The second kappa shape index (κ2) is 13.7. The minimum Gasteiger partial charge on any atom is -0.522 e. The molecule has 7 heteroatoms. The van der Waals surface area contributed by atoms with E-state index in [-0.39, 0.29) is 37.3 Å². The molecule has 0 amide bonds. The Morgan fingerprint density at radius 1 is 0.593 bits per heavy atom. The topological polar surface area (TPSA) is 48.8 Å². The van der Waals surface area contributed by atoms with Crippen LogP contribution in [0.5, 0.6) is 11.5 Å². The van der Waals surface area contributed by atoms with E-state index in [4.69, 9.17) is 14.7 Å². The van der Waals surface area contributed by atoms with Crippen LogP contribution < -0.4 is 9.30 Å². The van der Waals surface area contributed by atoms with Crippen LogP contribution in [-0.2, 0) is 37.3 Å². The van der Waals surface area contributed by atoms with Crippen molar-refractivity contribution in [3.63, 3.8) is 0 Å². The van der Waals surface area contributed by atoms with Crippen LogP contribution in [0.1, 0.15) is 79.0 Å². The summed E-state index contributed by atoms with van der Waals surface area (Å²) in [5, 5.41) is 2.22. The molecule has 4 heterocycles. The molecule has 54 heavy (non-hydrogen) atoms. The fourth-order valence-electron chi connectivity index (χ4n) is 6.87. The Kier molecular flexibility index (Phi) is 9.42. The molecule has 0 unspecified atom stereocenters. The Morgan fingerprint density at radius 3 is 2.04 bits per heavy atom. The Balaban J connectivity index is 0.00000450. The predicted molar refractivity (Wildman–Crippen MR) is 214 cm³/mol. The van der Waals surface area contributed by atoms with E-state index in [1.807, 2.05) is 22.9 Å². The van der Waals surface area contributed by atoms with Gasteiger partial charge >= 0.3 is 0 Å². The minimum absolute atomic E-state index is 0. The van der Waals surface area contributed by atoms with Gasteiger partial charge in [-0.15, -0.1) is 17.5 Å². The van der Waals surface area contributed by atoms with Crippen LogP contribution in [0.3, 0.4) is 0 Å². The molecule has 6 nitrogen and oxygen atoms in total. The van der Waals surface area contributed by atoms with Gasteiger partial charge in [0.15, 0.2) is 0 Å². The first-order chi connectivity index (χ1) is 25.1. The quantitative estimate of drug-likeness (QED) is 0.128. The zero-order valence-corrected chi connectivity index (χ0v) is 34.6. The average Bonchev–Trinajstić information content (AvgIpc) is 3.66. The van der Waals surface area contributed by atoms with Gasteiger partial charge in [-0.1, -0.05) is 116 Å². The van der Waals surface area contributed by atoms with E-state index in [0.29, 0.717) is 17.3 Å². The Morgan fingerprint density at radius 2 is 1.28 bits per heavy atom. The monoisotopic (exact) mass is 890 g/mol. The molecule has 0 spiro atoms. The summed E-state index contributed by atoms with van der Waals surface area (Å²) >= 11 is 0. The van der Waals surface area contributed by atoms with Crippen molar-refractivity contribution >= 4 is 32.8 Å². The molecule has 0 radical (unpaired) electrons. The maximum Gasteiger partial charge on any atom is 0.269 e. The molecule has 0 N–H and O–H groups in total. The number of para-hydroxylation sites is 1. The molecule has 4 aromatic heterocycles. The molecule has 0 saturated heterocycles. The maximum absolute atomic E-state index is 6.52. The molecule has 8 aromatic rings. The van der Waals surface area contributed by atoms with Gasteiger partial charge in [0, 0.05) is 38.5 Å². The van der Waals surface area contributed by atoms with E-state index in [0.717, 1.165) is 44.3 Å². The molecular formula is C47H45N5OPt-2. The zero-order chi connectivity index (χ0) is 37.3. The second-order valence-electron chi connectivity index (χ2n) is 17.0. The van der Waals surface area contributed by atoms with Crippen LogP contribution >= 0.6 is 0 Å². The van der Waals surface area contributed by atoms with Crippen molar-refractivity contribution in [2.24, 2.45) is 0 Å². The molecule has 0 aliphatic rings. The van der Waals surface area contributed by atoms with Crippen molar-refractivity contribution in [1.29, 1.82) is 0 Å². The van der Waals surface area contributed by atoms with Crippen molar-refractivity contribution in [3.05, 3.63) is 145 Å². The first-order valence-electron chi connectivity index (χ1n) is 18.3. The van der Waals surface area contributed by atoms with Crippen molar-refractivity contribution in [3.8, 4) is 28.8 Å². The van der Waals surface area contributed by atoms with E-state index >= 15 is 0 Å². The van der Waals surface area contributed by atoms with Crippen molar-refractivity contribution < 1.29 is 30.4 Å². The molecule has 0 aliphatic heterocycles. The van der Waals surface area contributed by atoms with E-state index in [2.05, 4.69) is 175 Å². The van der Waals surface area contributed by atoms with Gasteiger partial charge < -0.3 is 9.30 Å². The summed E-state index contributed by atoms with van der Waals surface area (Å²) in [6, 6.07) is 40.9. The number of pyridine rings is 2. The van der Waals surface area contributed by atoms with Crippen LogP contribution in [0, 0.1) is 18.5 Å². The molecule has 4 aromatic carbocycles. The number of aromatic nitrogens is 5. The van der Waals surface area contributed by atoms with Crippen LogP contribution in [-0.4, -0.2) is 19.1 Å². The predicted octanol–water partition coefficient (Wildman–Crippen LogP) is 10.9. The van der Waals surface area contributed by atoms with Crippen LogP contribution in [0.4, 0.5) is 0 Å². The van der Waals surface area contributed by atoms with Gasteiger partial charge in [0.2, 0.25) is 0 Å². The van der Waals surface area contributed by atoms with E-state index in [1.165, 1.54) is 16.7 Å². The molecule has 0 bridgehead atoms. The summed E-state index contributed by atoms with van der Waals surface area (Å²) in [7, 11) is 0. The third kappa shape index (κ3) is 6.89. The molecule has 0 fully saturated rings. The van der Waals surface area contributed by atoms with Gasteiger partial charge in [0.25, 0.3) is 6.33 Å². The van der Waals surface area contributed by atoms with E-state index < -0.39 is 0 Å². The van der Waals surface area contributed by atoms with Gasteiger partial charge in [-0.25, -0.2) is 4.98 Å². The third-order valence-corrected chi connectivity index (χ3v) is 9.98. The fraction of sp³-hybridized carbons (Fsp3) is 0.255. The maximum atomic E-state index is 6.52. The first-order valence-corrected chi connectivity index (χ1v) is 18.3. The minimum atomic E-state index is -0.0196. The molecule has 0 atom stereocenters. The normalized spacial score (nSPS) is 12.4. The van der Waals surface area contributed by atoms with Crippen LogP contribution in [0.2, 0.25) is 0 Å². The number of hydrogen-bond donors (Lipinski definition) is 0. The van der Waals surface area contributed by atoms with Gasteiger partial charge in [-0.3, -0.25) is 14.1 Å². The summed E-state index contributed by atoms with van der Waals surface area (Å²) in [4.78, 5) is 9.58. The van der Waals surface area contributed by atoms with E-state index in [9.17, 15) is 0 Å². The molecular weight excluding hydrogens is 846 g/mol. The van der Waals surface area contributed by atoms with Crippen LogP contribution in [0.15, 0.2) is 109 Å². The molecule has 0 saturated carbocycles. The van der Waals surface area contributed by atoms with E-state index in [1.54, 1.807) is 6.20 Å². The van der Waals surface area contributed by atoms with Gasteiger partial charge in [-0.2, -0.15) is 18.2 Å². The third-order valence-electron chi connectivity index (χ3n) is 9.98. The summed E-state index contributed by atoms with van der Waals surface area (Å²) in [6.45, 7) is 20.1. The summed E-state index contributed by atoms with van der Waals surface area (Å²) in [5.74, 6) is 2.54. The van der Waals surface area contributed by atoms with Gasteiger partial charge in [0.05, 0.1) is 22.5 Å². The second-order valence-corrected chi connectivity index (χ2v) is 17.0. The van der Waals surface area contributed by atoms with Gasteiger partial charge in [0.1, 0.15) is 5.82 Å². The smallest absolute Gasteiger partial charge is 0.269 e. The summed E-state index contributed by atoms with van der Waals surface area (Å²) in [5.41, 5.74) is 8.71. The van der Waals surface area contributed by atoms with Crippen molar-refractivity contribution in [1.82, 2.24) is 19.1 Å². The zero-order valence-electron chi connectivity index (χ0n) is 32.4.